The summed E-state index contributed by atoms with van der Waals surface area (Å²) in [4.78, 5) is 36.4. The van der Waals surface area contributed by atoms with Gasteiger partial charge in [-0.1, -0.05) is 0 Å². The maximum Gasteiger partial charge on any atom is 0.509 e. The zero-order chi connectivity index (χ0) is 19.0. The number of carbonyl (C=O) groups is 3. The number of aromatic hydroxyl groups is 2. The van der Waals surface area contributed by atoms with E-state index >= 15 is 0 Å². The number of aliphatic hydroxyl groups is 1. The Bertz CT molecular complexity index is 929. The SMILES string of the molecule is COC1=CC(=O)c2c(O)c3c(c(O)c2C1=O)CC1(C)OC(=O)OC1C3O. The van der Waals surface area contributed by atoms with Crippen LogP contribution in [0.25, 0.3) is 0 Å². The second-order valence-electron chi connectivity index (χ2n) is 6.57. The number of phenols is 2. The van der Waals surface area contributed by atoms with Gasteiger partial charge in [-0.05, 0) is 6.92 Å². The van der Waals surface area contributed by atoms with E-state index in [0.29, 0.717) is 0 Å². The van der Waals surface area contributed by atoms with E-state index in [4.69, 9.17) is 14.2 Å². The van der Waals surface area contributed by atoms with Gasteiger partial charge in [0, 0.05) is 23.6 Å². The summed E-state index contributed by atoms with van der Waals surface area (Å²) in [5.74, 6) is -3.04. The standard InChI is InChI=1S/C17H14O9/c1-17-4-5-8(14(22)15(17)25-16(23)26-17)13(21)9-6(18)3-7(24-2)12(20)10(9)11(5)19/h3,14-15,19,21-22H,4H2,1-2H3. The molecule has 0 bridgehead atoms. The highest BCUT2D eigenvalue weighted by Gasteiger charge is 2.57. The number of hydrogen-bond acceptors (Lipinski definition) is 9. The molecule has 3 aliphatic rings. The van der Waals surface area contributed by atoms with Crippen molar-refractivity contribution in [3.63, 3.8) is 0 Å². The van der Waals surface area contributed by atoms with E-state index in [2.05, 4.69) is 0 Å². The van der Waals surface area contributed by atoms with Gasteiger partial charge in [-0.15, -0.1) is 0 Å². The number of benzene rings is 1. The number of phenolic OH excluding ortho intramolecular Hbond substituents is 2. The summed E-state index contributed by atoms with van der Waals surface area (Å²) in [7, 11) is 1.20. The second-order valence-corrected chi connectivity index (χ2v) is 6.57. The molecular weight excluding hydrogens is 348 g/mol. The molecule has 3 unspecified atom stereocenters. The number of rotatable bonds is 1. The third-order valence-corrected chi connectivity index (χ3v) is 5.02. The first-order valence-electron chi connectivity index (χ1n) is 7.72. The van der Waals surface area contributed by atoms with Crippen molar-refractivity contribution in [1.82, 2.24) is 0 Å². The maximum absolute atomic E-state index is 12.5. The molecule has 9 nitrogen and oxygen atoms in total. The van der Waals surface area contributed by atoms with Crippen molar-refractivity contribution in [2.24, 2.45) is 0 Å². The molecule has 0 saturated carbocycles. The fourth-order valence-electron chi connectivity index (χ4n) is 3.82. The smallest absolute Gasteiger partial charge is 0.507 e. The molecule has 1 fully saturated rings. The molecule has 0 spiro atoms. The summed E-state index contributed by atoms with van der Waals surface area (Å²) in [6.45, 7) is 1.50. The van der Waals surface area contributed by atoms with Crippen LogP contribution in [0, 0.1) is 0 Å². The Kier molecular flexibility index (Phi) is 3.14. The lowest BCUT2D eigenvalue weighted by atomic mass is 9.74. The monoisotopic (exact) mass is 362 g/mol. The molecule has 4 rings (SSSR count). The highest BCUT2D eigenvalue weighted by Crippen LogP contribution is 2.52. The Balaban J connectivity index is 1.99. The van der Waals surface area contributed by atoms with E-state index in [9.17, 15) is 29.7 Å². The van der Waals surface area contributed by atoms with Crippen molar-refractivity contribution in [1.29, 1.82) is 0 Å². The normalized spacial score (nSPS) is 29.2. The number of ketones is 2. The Morgan fingerprint density at radius 2 is 1.88 bits per heavy atom. The molecule has 2 aliphatic carbocycles. The molecule has 136 valence electrons. The van der Waals surface area contributed by atoms with Crippen LogP contribution in [-0.4, -0.2) is 51.9 Å². The van der Waals surface area contributed by atoms with Gasteiger partial charge in [0.25, 0.3) is 0 Å². The van der Waals surface area contributed by atoms with Crippen LogP contribution in [-0.2, 0) is 20.6 Å². The summed E-state index contributed by atoms with van der Waals surface area (Å²) in [6, 6.07) is 0. The minimum atomic E-state index is -1.55. The lowest BCUT2D eigenvalue weighted by Crippen LogP contribution is -2.46. The Hall–Kier alpha value is -3.07. The first-order valence-corrected chi connectivity index (χ1v) is 7.72. The van der Waals surface area contributed by atoms with Gasteiger partial charge in [0.2, 0.25) is 5.78 Å². The molecule has 1 heterocycles. The summed E-state index contributed by atoms with van der Waals surface area (Å²) in [5.41, 5.74) is -2.31. The van der Waals surface area contributed by atoms with Gasteiger partial charge in [-0.25, -0.2) is 4.79 Å². The molecule has 0 radical (unpaired) electrons. The van der Waals surface area contributed by atoms with Gasteiger partial charge in [-0.3, -0.25) is 9.59 Å². The minimum absolute atomic E-state index is 0.00398. The fraction of sp³-hybridized carbons (Fsp3) is 0.353. The van der Waals surface area contributed by atoms with Gasteiger partial charge >= 0.3 is 6.16 Å². The number of fused-ring (bicyclic) bond motifs is 3. The van der Waals surface area contributed by atoms with Crippen molar-refractivity contribution >= 4 is 17.7 Å². The molecule has 1 saturated heterocycles. The maximum atomic E-state index is 12.5. The van der Waals surface area contributed by atoms with Crippen LogP contribution in [0.1, 0.15) is 44.9 Å². The van der Waals surface area contributed by atoms with Gasteiger partial charge in [0.05, 0.1) is 18.2 Å². The largest absolute Gasteiger partial charge is 0.509 e. The van der Waals surface area contributed by atoms with Crippen LogP contribution in [0.3, 0.4) is 0 Å². The highest BCUT2D eigenvalue weighted by molar-refractivity contribution is 6.26. The molecular formula is C17H14O9. The predicted molar refractivity (Wildman–Crippen MR) is 81.9 cm³/mol. The Labute approximate surface area is 146 Å². The van der Waals surface area contributed by atoms with Crippen molar-refractivity contribution in [2.45, 2.75) is 31.2 Å². The number of carbonyl (C=O) groups excluding carboxylic acids is 3. The van der Waals surface area contributed by atoms with Crippen molar-refractivity contribution < 1.29 is 43.9 Å². The predicted octanol–water partition coefficient (Wildman–Crippen LogP) is 0.891. The highest BCUT2D eigenvalue weighted by atomic mass is 16.8. The van der Waals surface area contributed by atoms with Crippen LogP contribution in [0.15, 0.2) is 11.8 Å². The van der Waals surface area contributed by atoms with E-state index in [1.807, 2.05) is 0 Å². The van der Waals surface area contributed by atoms with Crippen LogP contribution in [0.5, 0.6) is 11.5 Å². The summed E-state index contributed by atoms with van der Waals surface area (Å²) in [5, 5.41) is 31.9. The van der Waals surface area contributed by atoms with Crippen LogP contribution < -0.4 is 0 Å². The second kappa shape index (κ2) is 4.98. The molecule has 1 aliphatic heterocycles. The first kappa shape index (κ1) is 16.4. The number of ether oxygens (including phenoxy) is 3. The number of hydrogen-bond donors (Lipinski definition) is 3. The molecule has 26 heavy (non-hydrogen) atoms. The molecule has 0 amide bonds. The van der Waals surface area contributed by atoms with Crippen LogP contribution in [0.2, 0.25) is 0 Å². The first-order chi connectivity index (χ1) is 12.2. The van der Waals surface area contributed by atoms with E-state index in [0.717, 1.165) is 6.08 Å². The number of Topliss-reactive ketones (excluding diaryl/α,β-unsaturated/α-hetero) is 1. The lowest BCUT2D eigenvalue weighted by Gasteiger charge is -2.37. The molecule has 1 aromatic carbocycles. The van der Waals surface area contributed by atoms with Crippen molar-refractivity contribution in [3.05, 3.63) is 34.1 Å². The summed E-state index contributed by atoms with van der Waals surface area (Å²) in [6.07, 6.45) is -2.92. The van der Waals surface area contributed by atoms with E-state index in [1.165, 1.54) is 14.0 Å². The van der Waals surface area contributed by atoms with Crippen molar-refractivity contribution in [3.8, 4) is 11.5 Å². The molecule has 9 heteroatoms. The molecule has 3 atom stereocenters. The topological polar surface area (TPSA) is 140 Å². The van der Waals surface area contributed by atoms with E-state index < -0.39 is 58.2 Å². The molecule has 3 N–H and O–H groups in total. The van der Waals surface area contributed by atoms with E-state index in [1.54, 1.807) is 0 Å². The molecule has 1 aromatic rings. The minimum Gasteiger partial charge on any atom is -0.507 e. The fourth-order valence-corrected chi connectivity index (χ4v) is 3.82. The van der Waals surface area contributed by atoms with Gasteiger partial charge in [0.15, 0.2) is 23.2 Å². The van der Waals surface area contributed by atoms with Crippen LogP contribution in [0.4, 0.5) is 4.79 Å². The Morgan fingerprint density at radius 1 is 1.19 bits per heavy atom. The van der Waals surface area contributed by atoms with Gasteiger partial charge < -0.3 is 29.5 Å². The van der Waals surface area contributed by atoms with Gasteiger partial charge in [0.1, 0.15) is 17.6 Å². The average Bonchev–Trinajstić information content (AvgIpc) is 2.88. The quantitative estimate of drug-likeness (QED) is 0.491. The van der Waals surface area contributed by atoms with Gasteiger partial charge in [-0.2, -0.15) is 0 Å². The number of methoxy groups -OCH3 is 1. The van der Waals surface area contributed by atoms with E-state index in [-0.39, 0.29) is 23.3 Å². The van der Waals surface area contributed by atoms with Crippen LogP contribution >= 0.6 is 0 Å². The zero-order valence-electron chi connectivity index (χ0n) is 13.7. The number of aliphatic hydroxyl groups excluding tert-OH is 1. The Morgan fingerprint density at radius 3 is 2.54 bits per heavy atom. The zero-order valence-corrected chi connectivity index (χ0v) is 13.7. The third kappa shape index (κ3) is 1.86. The summed E-state index contributed by atoms with van der Waals surface area (Å²) < 4.78 is 14.9. The molecule has 0 aromatic heterocycles. The van der Waals surface area contributed by atoms with Crippen molar-refractivity contribution in [2.75, 3.05) is 7.11 Å². The number of allylic oxidation sites excluding steroid dienone is 2. The summed E-state index contributed by atoms with van der Waals surface area (Å²) >= 11 is 0. The third-order valence-electron chi connectivity index (χ3n) is 5.02. The lowest BCUT2D eigenvalue weighted by molar-refractivity contribution is -0.0436. The average molecular weight is 362 g/mol.